The molecule has 18 heavy (non-hydrogen) atoms. The zero-order valence-electron chi connectivity index (χ0n) is 10.1. The van der Waals surface area contributed by atoms with Gasteiger partial charge in [-0.15, -0.1) is 0 Å². The van der Waals surface area contributed by atoms with E-state index in [0.29, 0.717) is 11.5 Å². The van der Waals surface area contributed by atoms with Gasteiger partial charge in [0.1, 0.15) is 17.2 Å². The number of aromatic nitrogens is 2. The molecule has 2 N–H and O–H groups in total. The number of nitrogen functional groups attached to an aromatic ring is 1. The molecule has 0 radical (unpaired) electrons. The smallest absolute Gasteiger partial charge is 0.158 e. The van der Waals surface area contributed by atoms with Gasteiger partial charge in [-0.25, -0.2) is 4.98 Å². The second-order valence-electron chi connectivity index (χ2n) is 4.31. The monoisotopic (exact) mass is 305 g/mol. The lowest BCUT2D eigenvalue weighted by molar-refractivity contribution is 0.579. The highest BCUT2D eigenvalue weighted by molar-refractivity contribution is 9.10. The predicted molar refractivity (Wildman–Crippen MR) is 74.5 cm³/mol. The highest BCUT2D eigenvalue weighted by Gasteiger charge is 2.17. The summed E-state index contributed by atoms with van der Waals surface area (Å²) in [4.78, 5) is 4.58. The zero-order valence-corrected chi connectivity index (χ0v) is 11.7. The first-order chi connectivity index (χ1) is 8.58. The van der Waals surface area contributed by atoms with E-state index in [1.165, 1.54) is 0 Å². The maximum Gasteiger partial charge on any atom is 0.158 e. The van der Waals surface area contributed by atoms with E-state index < -0.39 is 0 Å². The first-order valence-corrected chi connectivity index (χ1v) is 6.35. The first kappa shape index (κ1) is 11.3. The first-order valence-electron chi connectivity index (χ1n) is 5.56. The largest absolute Gasteiger partial charge is 0.462 e. The van der Waals surface area contributed by atoms with E-state index >= 15 is 0 Å². The predicted octanol–water partition coefficient (Wildman–Crippen LogP) is 3.56. The molecule has 0 saturated carbocycles. The number of hydrogen-bond donors (Lipinski definition) is 1. The van der Waals surface area contributed by atoms with Crippen molar-refractivity contribution in [1.82, 2.24) is 9.38 Å². The van der Waals surface area contributed by atoms with Crippen LogP contribution in [0.4, 0.5) is 5.82 Å². The van der Waals surface area contributed by atoms with Crippen molar-refractivity contribution in [2.75, 3.05) is 5.73 Å². The van der Waals surface area contributed by atoms with E-state index in [1.54, 1.807) is 6.26 Å². The third kappa shape index (κ3) is 1.54. The summed E-state index contributed by atoms with van der Waals surface area (Å²) in [5.74, 6) is 1.32. The molecule has 3 heterocycles. The Bertz CT molecular complexity index is 742. The maximum atomic E-state index is 6.16. The van der Waals surface area contributed by atoms with Crippen LogP contribution >= 0.6 is 15.9 Å². The van der Waals surface area contributed by atoms with Crippen molar-refractivity contribution in [3.63, 3.8) is 0 Å². The number of halogens is 1. The van der Waals surface area contributed by atoms with Crippen LogP contribution in [0, 0.1) is 13.8 Å². The van der Waals surface area contributed by atoms with Gasteiger partial charge in [0.15, 0.2) is 5.76 Å². The van der Waals surface area contributed by atoms with Crippen molar-refractivity contribution >= 4 is 27.4 Å². The minimum atomic E-state index is 0.590. The van der Waals surface area contributed by atoms with Crippen LogP contribution in [-0.2, 0) is 0 Å². The fourth-order valence-corrected chi connectivity index (χ4v) is 2.62. The van der Waals surface area contributed by atoms with E-state index in [-0.39, 0.29) is 0 Å². The molecule has 0 amide bonds. The van der Waals surface area contributed by atoms with E-state index in [0.717, 1.165) is 27.0 Å². The van der Waals surface area contributed by atoms with Crippen LogP contribution in [0.15, 0.2) is 33.5 Å². The molecule has 0 aliphatic heterocycles. The number of rotatable bonds is 1. The van der Waals surface area contributed by atoms with Gasteiger partial charge in [0, 0.05) is 10.7 Å². The molecule has 0 atom stereocenters. The average Bonchev–Trinajstić information content (AvgIpc) is 2.85. The lowest BCUT2D eigenvalue weighted by atomic mass is 10.2. The number of nitrogens with two attached hydrogens (primary N) is 1. The summed E-state index contributed by atoms with van der Waals surface area (Å²) >= 11 is 3.46. The number of imidazole rings is 1. The highest BCUT2D eigenvalue weighted by Crippen LogP contribution is 2.31. The van der Waals surface area contributed by atoms with Crippen LogP contribution in [0.2, 0.25) is 0 Å². The Hall–Kier alpha value is -1.75. The molecule has 5 heteroatoms. The number of aryl methyl sites for hydroxylation is 2. The Morgan fingerprint density at radius 1 is 1.33 bits per heavy atom. The molecule has 0 saturated heterocycles. The van der Waals surface area contributed by atoms with Crippen LogP contribution in [0.5, 0.6) is 0 Å². The SMILES string of the molecule is Cc1ccoc1-c1nc2c(C)cc(Br)cn2c1N. The van der Waals surface area contributed by atoms with Crippen molar-refractivity contribution in [3.05, 3.63) is 40.2 Å². The molecule has 3 aromatic rings. The Morgan fingerprint density at radius 3 is 2.78 bits per heavy atom. The van der Waals surface area contributed by atoms with Gasteiger partial charge in [0.05, 0.1) is 6.26 Å². The topological polar surface area (TPSA) is 56.5 Å². The second kappa shape index (κ2) is 3.88. The Kier molecular flexibility index (Phi) is 2.45. The molecular formula is C13H12BrN3O. The molecule has 4 nitrogen and oxygen atoms in total. The van der Waals surface area contributed by atoms with Crippen molar-refractivity contribution in [1.29, 1.82) is 0 Å². The quantitative estimate of drug-likeness (QED) is 0.748. The number of nitrogens with zero attached hydrogens (tertiary/aromatic N) is 2. The molecule has 0 aromatic carbocycles. The number of fused-ring (bicyclic) bond motifs is 1. The maximum absolute atomic E-state index is 6.16. The van der Waals surface area contributed by atoms with Crippen molar-refractivity contribution in [2.24, 2.45) is 0 Å². The average molecular weight is 306 g/mol. The van der Waals surface area contributed by atoms with Gasteiger partial charge in [0.2, 0.25) is 0 Å². The van der Waals surface area contributed by atoms with Crippen LogP contribution in [0.3, 0.4) is 0 Å². The Labute approximate surface area is 113 Å². The minimum Gasteiger partial charge on any atom is -0.462 e. The van der Waals surface area contributed by atoms with Crippen LogP contribution < -0.4 is 5.73 Å². The van der Waals surface area contributed by atoms with Gasteiger partial charge < -0.3 is 10.2 Å². The van der Waals surface area contributed by atoms with E-state index in [9.17, 15) is 0 Å². The summed E-state index contributed by atoms with van der Waals surface area (Å²) in [7, 11) is 0. The van der Waals surface area contributed by atoms with Crippen molar-refractivity contribution < 1.29 is 4.42 Å². The van der Waals surface area contributed by atoms with Gasteiger partial charge in [-0.1, -0.05) is 0 Å². The van der Waals surface area contributed by atoms with Crippen molar-refractivity contribution in [3.8, 4) is 11.5 Å². The second-order valence-corrected chi connectivity index (χ2v) is 5.23. The summed E-state index contributed by atoms with van der Waals surface area (Å²) in [5, 5.41) is 0. The number of furan rings is 1. The normalized spacial score (nSPS) is 11.3. The molecule has 0 bridgehead atoms. The van der Waals surface area contributed by atoms with Crippen LogP contribution in [0.25, 0.3) is 17.1 Å². The van der Waals surface area contributed by atoms with E-state index in [4.69, 9.17) is 10.2 Å². The summed E-state index contributed by atoms with van der Waals surface area (Å²) in [5.41, 5.74) is 9.79. The number of hydrogen-bond acceptors (Lipinski definition) is 3. The lowest BCUT2D eigenvalue weighted by Gasteiger charge is -2.00. The Balaban J connectivity index is 2.36. The third-order valence-electron chi connectivity index (χ3n) is 2.98. The van der Waals surface area contributed by atoms with E-state index in [2.05, 4.69) is 20.9 Å². The summed E-state index contributed by atoms with van der Waals surface area (Å²) < 4.78 is 8.31. The molecule has 0 unspecified atom stereocenters. The van der Waals surface area contributed by atoms with Gasteiger partial charge in [-0.2, -0.15) is 0 Å². The van der Waals surface area contributed by atoms with Gasteiger partial charge >= 0.3 is 0 Å². The summed E-state index contributed by atoms with van der Waals surface area (Å²) in [6.45, 7) is 3.98. The van der Waals surface area contributed by atoms with E-state index in [1.807, 2.05) is 36.6 Å². The molecular weight excluding hydrogens is 294 g/mol. The fourth-order valence-electron chi connectivity index (χ4n) is 2.07. The molecule has 0 fully saturated rings. The molecule has 3 aromatic heterocycles. The molecule has 0 aliphatic rings. The zero-order chi connectivity index (χ0) is 12.9. The Morgan fingerprint density at radius 2 is 2.11 bits per heavy atom. The molecule has 92 valence electrons. The fraction of sp³-hybridized carbons (Fsp3) is 0.154. The molecule has 0 spiro atoms. The van der Waals surface area contributed by atoms with Gasteiger partial charge in [-0.05, 0) is 53.0 Å². The van der Waals surface area contributed by atoms with Crippen molar-refractivity contribution in [2.45, 2.75) is 13.8 Å². The molecule has 0 aliphatic carbocycles. The highest BCUT2D eigenvalue weighted by atomic mass is 79.9. The minimum absolute atomic E-state index is 0.590. The molecule has 3 rings (SSSR count). The van der Waals surface area contributed by atoms with Crippen LogP contribution in [0.1, 0.15) is 11.1 Å². The van der Waals surface area contributed by atoms with Gasteiger partial charge in [-0.3, -0.25) is 4.40 Å². The van der Waals surface area contributed by atoms with Gasteiger partial charge in [0.25, 0.3) is 0 Å². The third-order valence-corrected chi connectivity index (χ3v) is 3.42. The lowest BCUT2D eigenvalue weighted by Crippen LogP contribution is -1.95. The summed E-state index contributed by atoms with van der Waals surface area (Å²) in [6.07, 6.45) is 3.56. The van der Waals surface area contributed by atoms with Crippen LogP contribution in [-0.4, -0.2) is 9.38 Å². The standard InChI is InChI=1S/C13H12BrN3O/c1-7-3-4-18-11(7)10-12(15)17-6-9(14)5-8(2)13(17)16-10/h3-6H,15H2,1-2H3. The number of pyridine rings is 1. The number of anilines is 1. The summed E-state index contributed by atoms with van der Waals surface area (Å²) in [6, 6.07) is 3.92.